The van der Waals surface area contributed by atoms with Crippen LogP contribution in [0.4, 0.5) is 8.78 Å². The van der Waals surface area contributed by atoms with Crippen LogP contribution < -0.4 is 4.74 Å². The summed E-state index contributed by atoms with van der Waals surface area (Å²) in [6, 6.07) is 4.80. The molecular weight excluding hydrogens is 216 g/mol. The van der Waals surface area contributed by atoms with Crippen LogP contribution in [0.1, 0.15) is 12.8 Å². The second kappa shape index (κ2) is 6.03. The highest BCUT2D eigenvalue weighted by Crippen LogP contribution is 2.17. The average Bonchev–Trinajstić information content (AvgIpc) is 2.22. The summed E-state index contributed by atoms with van der Waals surface area (Å²) in [5, 5.41) is 17.5. The highest BCUT2D eigenvalue weighted by molar-refractivity contribution is 5.24. The lowest BCUT2D eigenvalue weighted by atomic mass is 10.2. The highest BCUT2D eigenvalue weighted by Gasteiger charge is 2.07. The van der Waals surface area contributed by atoms with Crippen LogP contribution in [-0.2, 0) is 0 Å². The van der Waals surface area contributed by atoms with Crippen LogP contribution >= 0.6 is 0 Å². The first-order valence-electron chi connectivity index (χ1n) is 4.76. The highest BCUT2D eigenvalue weighted by atomic mass is 19.1. The van der Waals surface area contributed by atoms with Crippen molar-refractivity contribution in [3.05, 3.63) is 29.8 Å². The molecule has 1 rings (SSSR count). The van der Waals surface area contributed by atoms with Crippen molar-refractivity contribution in [2.45, 2.75) is 18.9 Å². The molecule has 86 valence electrons. The summed E-state index contributed by atoms with van der Waals surface area (Å²) in [7, 11) is 0. The van der Waals surface area contributed by atoms with E-state index >= 15 is 0 Å². The monoisotopic (exact) mass is 227 g/mol. The first kappa shape index (κ1) is 12.4. The fourth-order valence-electron chi connectivity index (χ4n) is 1.10. The SMILES string of the molecule is N#CCC(O)CCOc1ccc(F)cc1F. The molecule has 0 fully saturated rings. The van der Waals surface area contributed by atoms with Crippen molar-refractivity contribution in [2.24, 2.45) is 0 Å². The largest absolute Gasteiger partial charge is 0.490 e. The molecule has 0 aliphatic rings. The van der Waals surface area contributed by atoms with Gasteiger partial charge in [-0.15, -0.1) is 0 Å². The van der Waals surface area contributed by atoms with E-state index in [1.807, 2.05) is 0 Å². The van der Waals surface area contributed by atoms with Crippen molar-refractivity contribution in [3.8, 4) is 11.8 Å². The third-order valence-electron chi connectivity index (χ3n) is 1.93. The number of nitrogens with zero attached hydrogens (tertiary/aromatic N) is 1. The summed E-state index contributed by atoms with van der Waals surface area (Å²) in [5.41, 5.74) is 0. The molecule has 0 bridgehead atoms. The number of nitriles is 1. The van der Waals surface area contributed by atoms with Gasteiger partial charge in [0.05, 0.1) is 25.2 Å². The number of aliphatic hydroxyl groups is 1. The minimum atomic E-state index is -0.784. The van der Waals surface area contributed by atoms with Gasteiger partial charge in [0.1, 0.15) is 5.82 Å². The smallest absolute Gasteiger partial charge is 0.167 e. The van der Waals surface area contributed by atoms with Crippen LogP contribution in [0.25, 0.3) is 0 Å². The molecule has 0 saturated heterocycles. The molecule has 1 aromatic carbocycles. The molecule has 0 aliphatic heterocycles. The van der Waals surface area contributed by atoms with Crippen LogP contribution in [-0.4, -0.2) is 17.8 Å². The topological polar surface area (TPSA) is 53.2 Å². The molecule has 1 aromatic rings. The number of halogens is 2. The van der Waals surface area contributed by atoms with Crippen LogP contribution in [0.5, 0.6) is 5.75 Å². The van der Waals surface area contributed by atoms with Gasteiger partial charge in [0, 0.05) is 12.5 Å². The Morgan fingerprint density at radius 2 is 2.19 bits per heavy atom. The Labute approximate surface area is 91.9 Å². The summed E-state index contributed by atoms with van der Waals surface area (Å²) in [6.45, 7) is 0.0748. The van der Waals surface area contributed by atoms with Crippen molar-refractivity contribution in [1.29, 1.82) is 5.26 Å². The molecule has 0 aromatic heterocycles. The van der Waals surface area contributed by atoms with E-state index in [0.29, 0.717) is 0 Å². The van der Waals surface area contributed by atoms with Crippen LogP contribution in [0, 0.1) is 23.0 Å². The number of hydrogen-bond donors (Lipinski definition) is 1. The Morgan fingerprint density at radius 1 is 1.44 bits per heavy atom. The predicted molar refractivity (Wildman–Crippen MR) is 52.7 cm³/mol. The molecule has 0 amide bonds. The Bertz CT molecular complexity index is 390. The third-order valence-corrected chi connectivity index (χ3v) is 1.93. The van der Waals surface area contributed by atoms with Gasteiger partial charge in [0.15, 0.2) is 11.6 Å². The van der Waals surface area contributed by atoms with Crippen molar-refractivity contribution in [3.63, 3.8) is 0 Å². The zero-order chi connectivity index (χ0) is 12.0. The fraction of sp³-hybridized carbons (Fsp3) is 0.364. The van der Waals surface area contributed by atoms with E-state index in [1.165, 1.54) is 6.07 Å². The second-order valence-corrected chi connectivity index (χ2v) is 3.23. The van der Waals surface area contributed by atoms with Crippen molar-refractivity contribution in [1.82, 2.24) is 0 Å². The molecule has 0 spiro atoms. The Morgan fingerprint density at radius 3 is 2.81 bits per heavy atom. The number of ether oxygens (including phenoxy) is 1. The minimum absolute atomic E-state index is 0.00919. The molecule has 5 heteroatoms. The summed E-state index contributed by atoms with van der Waals surface area (Å²) in [5.74, 6) is -1.52. The molecule has 0 radical (unpaired) electrons. The van der Waals surface area contributed by atoms with E-state index in [0.717, 1.165) is 12.1 Å². The van der Waals surface area contributed by atoms with Gasteiger partial charge in [0.25, 0.3) is 0 Å². The lowest BCUT2D eigenvalue weighted by Crippen LogP contribution is -2.11. The number of aliphatic hydroxyl groups excluding tert-OH is 1. The molecule has 1 unspecified atom stereocenters. The first-order valence-corrected chi connectivity index (χ1v) is 4.76. The summed E-state index contributed by atoms with van der Waals surface area (Å²) in [6.07, 6.45) is -0.548. The molecule has 3 nitrogen and oxygen atoms in total. The molecule has 1 N–H and O–H groups in total. The Hall–Kier alpha value is -1.67. The van der Waals surface area contributed by atoms with Gasteiger partial charge in [-0.2, -0.15) is 5.26 Å². The molecule has 0 heterocycles. The van der Waals surface area contributed by atoms with Crippen molar-refractivity contribution >= 4 is 0 Å². The molecular formula is C11H11F2NO2. The Kier molecular flexibility index (Phi) is 4.67. The predicted octanol–water partition coefficient (Wildman–Crippen LogP) is 2.01. The summed E-state index contributed by atoms with van der Waals surface area (Å²) in [4.78, 5) is 0. The van der Waals surface area contributed by atoms with E-state index in [-0.39, 0.29) is 25.2 Å². The standard InChI is InChI=1S/C11H11F2NO2/c12-8-1-2-11(10(13)7-8)16-6-4-9(15)3-5-14/h1-2,7,9,15H,3-4,6H2. The van der Waals surface area contributed by atoms with Gasteiger partial charge in [-0.3, -0.25) is 0 Å². The van der Waals surface area contributed by atoms with E-state index in [9.17, 15) is 13.9 Å². The van der Waals surface area contributed by atoms with Gasteiger partial charge < -0.3 is 9.84 Å². The van der Waals surface area contributed by atoms with Gasteiger partial charge in [0.2, 0.25) is 0 Å². The quantitative estimate of drug-likeness (QED) is 0.837. The second-order valence-electron chi connectivity index (χ2n) is 3.23. The van der Waals surface area contributed by atoms with Crippen LogP contribution in [0.3, 0.4) is 0 Å². The zero-order valence-electron chi connectivity index (χ0n) is 8.49. The van der Waals surface area contributed by atoms with Gasteiger partial charge >= 0.3 is 0 Å². The maximum absolute atomic E-state index is 13.0. The Balaban J connectivity index is 2.41. The van der Waals surface area contributed by atoms with E-state index in [2.05, 4.69) is 0 Å². The maximum atomic E-state index is 13.0. The van der Waals surface area contributed by atoms with Crippen molar-refractivity contribution in [2.75, 3.05) is 6.61 Å². The first-order chi connectivity index (χ1) is 7.63. The van der Waals surface area contributed by atoms with E-state index < -0.39 is 17.7 Å². The number of rotatable bonds is 5. The average molecular weight is 227 g/mol. The lowest BCUT2D eigenvalue weighted by Gasteiger charge is -2.09. The van der Waals surface area contributed by atoms with Gasteiger partial charge in [-0.05, 0) is 12.1 Å². The van der Waals surface area contributed by atoms with Crippen LogP contribution in [0.2, 0.25) is 0 Å². The molecule has 1 atom stereocenters. The number of benzene rings is 1. The minimum Gasteiger partial charge on any atom is -0.490 e. The number of hydrogen-bond acceptors (Lipinski definition) is 3. The fourth-order valence-corrected chi connectivity index (χ4v) is 1.10. The zero-order valence-corrected chi connectivity index (χ0v) is 8.49. The maximum Gasteiger partial charge on any atom is 0.167 e. The lowest BCUT2D eigenvalue weighted by molar-refractivity contribution is 0.141. The molecule has 16 heavy (non-hydrogen) atoms. The summed E-state index contributed by atoms with van der Waals surface area (Å²) < 4.78 is 30.6. The molecule has 0 saturated carbocycles. The molecule has 0 aliphatic carbocycles. The van der Waals surface area contributed by atoms with Crippen molar-refractivity contribution < 1.29 is 18.6 Å². The third kappa shape index (κ3) is 3.83. The van der Waals surface area contributed by atoms with Gasteiger partial charge in [-0.25, -0.2) is 8.78 Å². The van der Waals surface area contributed by atoms with E-state index in [1.54, 1.807) is 6.07 Å². The van der Waals surface area contributed by atoms with Gasteiger partial charge in [-0.1, -0.05) is 0 Å². The van der Waals surface area contributed by atoms with Crippen LogP contribution in [0.15, 0.2) is 18.2 Å². The van der Waals surface area contributed by atoms with E-state index in [4.69, 9.17) is 10.00 Å². The normalized spacial score (nSPS) is 11.9. The summed E-state index contributed by atoms with van der Waals surface area (Å²) >= 11 is 0.